The van der Waals surface area contributed by atoms with E-state index < -0.39 is 23.5 Å². The SMILES string of the molecule is O=C(/N=c1\[nH]c2cc(N3CCOCC3=O)ccc2n1C1CC[S+]([O-])CC1)c1cccc(C(F)F)c1. The second-order valence-electron chi connectivity index (χ2n) is 8.54. The number of carbonyl (C=O) groups is 2. The smallest absolute Gasteiger partial charge is 0.280 e. The number of hydrogen-bond donors (Lipinski definition) is 1. The first-order valence-corrected chi connectivity index (χ1v) is 12.8. The first-order valence-electron chi connectivity index (χ1n) is 11.4. The number of benzene rings is 2. The molecule has 5 rings (SSSR count). The Morgan fingerprint density at radius 2 is 2.00 bits per heavy atom. The number of rotatable bonds is 4. The molecule has 1 N–H and O–H groups in total. The van der Waals surface area contributed by atoms with Crippen molar-refractivity contribution in [1.82, 2.24) is 9.55 Å². The number of carbonyl (C=O) groups excluding carboxylic acids is 2. The van der Waals surface area contributed by atoms with E-state index in [1.165, 1.54) is 18.2 Å². The van der Waals surface area contributed by atoms with Gasteiger partial charge in [0.25, 0.3) is 18.2 Å². The highest BCUT2D eigenvalue weighted by Crippen LogP contribution is 2.28. The minimum atomic E-state index is -2.69. The standard InChI is InChI=1S/C24H24F2N4O4S/c25-22(26)15-2-1-3-16(12-15)23(32)28-24-27-19-13-18(29-8-9-34-14-21(29)31)4-5-20(19)30(24)17-6-10-35(33)11-7-17/h1-5,12-13,17,22H,6-11,14H2,(H,27,28,32). The fraction of sp³-hybridized carbons (Fsp3) is 0.375. The summed E-state index contributed by atoms with van der Waals surface area (Å²) in [5.41, 5.74) is 2.28. The van der Waals surface area contributed by atoms with Gasteiger partial charge >= 0.3 is 0 Å². The lowest BCUT2D eigenvalue weighted by Gasteiger charge is -2.27. The Morgan fingerprint density at radius 1 is 1.20 bits per heavy atom. The number of H-pyrrole nitrogens is 1. The van der Waals surface area contributed by atoms with E-state index in [9.17, 15) is 22.9 Å². The number of aromatic amines is 1. The molecule has 0 saturated carbocycles. The molecule has 3 heterocycles. The lowest BCUT2D eigenvalue weighted by molar-refractivity contribution is -0.125. The molecule has 2 fully saturated rings. The molecule has 0 bridgehead atoms. The van der Waals surface area contributed by atoms with Crippen molar-refractivity contribution in [2.24, 2.45) is 4.99 Å². The molecule has 2 saturated heterocycles. The Balaban J connectivity index is 1.59. The van der Waals surface area contributed by atoms with Crippen molar-refractivity contribution in [1.29, 1.82) is 0 Å². The van der Waals surface area contributed by atoms with Crippen molar-refractivity contribution in [3.8, 4) is 0 Å². The molecule has 35 heavy (non-hydrogen) atoms. The number of halogens is 2. The molecule has 1 aromatic heterocycles. The molecule has 3 aromatic rings. The molecule has 2 aliphatic heterocycles. The van der Waals surface area contributed by atoms with Crippen LogP contribution in [0.4, 0.5) is 14.5 Å². The fourth-order valence-electron chi connectivity index (χ4n) is 4.55. The third-order valence-electron chi connectivity index (χ3n) is 6.33. The van der Waals surface area contributed by atoms with E-state index in [1.54, 1.807) is 4.90 Å². The summed E-state index contributed by atoms with van der Waals surface area (Å²) >= 11 is -0.870. The Labute approximate surface area is 202 Å². The highest BCUT2D eigenvalue weighted by Gasteiger charge is 2.27. The topological polar surface area (TPSA) is 103 Å². The highest BCUT2D eigenvalue weighted by molar-refractivity contribution is 7.91. The zero-order valence-electron chi connectivity index (χ0n) is 18.8. The number of nitrogens with one attached hydrogen (secondary N) is 1. The summed E-state index contributed by atoms with van der Waals surface area (Å²) in [6.45, 7) is 0.908. The second kappa shape index (κ2) is 9.92. The van der Waals surface area contributed by atoms with Crippen LogP contribution in [0.3, 0.4) is 0 Å². The molecule has 0 atom stereocenters. The fourth-order valence-corrected chi connectivity index (χ4v) is 5.82. The minimum Gasteiger partial charge on any atom is -0.616 e. The van der Waals surface area contributed by atoms with Crippen LogP contribution in [0.5, 0.6) is 0 Å². The van der Waals surface area contributed by atoms with Crippen LogP contribution in [-0.4, -0.2) is 57.2 Å². The molecule has 0 aliphatic carbocycles. The molecular formula is C24H24F2N4O4S. The van der Waals surface area contributed by atoms with Crippen LogP contribution in [0, 0.1) is 0 Å². The number of hydrogen-bond acceptors (Lipinski definition) is 4. The molecule has 0 unspecified atom stereocenters. The number of imidazole rings is 1. The van der Waals surface area contributed by atoms with Gasteiger partial charge in [-0.1, -0.05) is 23.3 Å². The van der Waals surface area contributed by atoms with Gasteiger partial charge in [0, 0.05) is 42.2 Å². The van der Waals surface area contributed by atoms with Crippen LogP contribution in [0.15, 0.2) is 47.5 Å². The van der Waals surface area contributed by atoms with Crippen LogP contribution in [0.25, 0.3) is 11.0 Å². The summed E-state index contributed by atoms with van der Waals surface area (Å²) in [4.78, 5) is 34.3. The van der Waals surface area contributed by atoms with Crippen molar-refractivity contribution in [3.63, 3.8) is 0 Å². The van der Waals surface area contributed by atoms with Crippen molar-refractivity contribution >= 4 is 39.7 Å². The average Bonchev–Trinajstić information content (AvgIpc) is 3.21. The molecule has 0 spiro atoms. The molecule has 0 radical (unpaired) electrons. The van der Waals surface area contributed by atoms with Gasteiger partial charge in [-0.3, -0.25) is 9.59 Å². The number of amides is 2. The number of aromatic nitrogens is 2. The lowest BCUT2D eigenvalue weighted by Crippen LogP contribution is -2.41. The van der Waals surface area contributed by atoms with Crippen molar-refractivity contribution in [2.75, 3.05) is 36.2 Å². The van der Waals surface area contributed by atoms with E-state index in [4.69, 9.17) is 4.74 Å². The number of nitrogens with zero attached hydrogens (tertiary/aromatic N) is 3. The van der Waals surface area contributed by atoms with Gasteiger partial charge in [0.15, 0.2) is 0 Å². The largest absolute Gasteiger partial charge is 0.616 e. The van der Waals surface area contributed by atoms with Gasteiger partial charge in [0.2, 0.25) is 5.62 Å². The number of ether oxygens (including phenoxy) is 1. The maximum absolute atomic E-state index is 13.1. The van der Waals surface area contributed by atoms with Crippen molar-refractivity contribution in [2.45, 2.75) is 25.3 Å². The maximum Gasteiger partial charge on any atom is 0.280 e. The molecule has 8 nitrogen and oxygen atoms in total. The number of alkyl halides is 2. The summed E-state index contributed by atoms with van der Waals surface area (Å²) < 4.78 is 45.3. The van der Waals surface area contributed by atoms with Gasteiger partial charge in [-0.2, -0.15) is 4.99 Å². The van der Waals surface area contributed by atoms with Crippen molar-refractivity contribution < 1.29 is 27.7 Å². The first-order chi connectivity index (χ1) is 16.9. The van der Waals surface area contributed by atoms with Crippen LogP contribution < -0.4 is 10.5 Å². The summed E-state index contributed by atoms with van der Waals surface area (Å²) in [5, 5.41) is 0. The van der Waals surface area contributed by atoms with Gasteiger partial charge in [-0.15, -0.1) is 0 Å². The van der Waals surface area contributed by atoms with E-state index in [1.807, 2.05) is 22.8 Å². The third-order valence-corrected chi connectivity index (χ3v) is 7.71. The predicted octanol–water partition coefficient (Wildman–Crippen LogP) is 3.09. The zero-order chi connectivity index (χ0) is 24.5. The molecule has 2 aromatic carbocycles. The predicted molar refractivity (Wildman–Crippen MR) is 127 cm³/mol. The van der Waals surface area contributed by atoms with Gasteiger partial charge in [-0.25, -0.2) is 8.78 Å². The van der Waals surface area contributed by atoms with Gasteiger partial charge in [0.1, 0.15) is 18.1 Å². The number of morpholine rings is 1. The van der Waals surface area contributed by atoms with E-state index in [-0.39, 0.29) is 35.3 Å². The molecule has 2 aliphatic rings. The second-order valence-corrected chi connectivity index (χ2v) is 10.2. The Hall–Kier alpha value is -3.02. The van der Waals surface area contributed by atoms with E-state index in [0.29, 0.717) is 48.7 Å². The summed E-state index contributed by atoms with van der Waals surface area (Å²) in [6, 6.07) is 10.8. The Morgan fingerprint density at radius 3 is 2.74 bits per heavy atom. The van der Waals surface area contributed by atoms with Crippen LogP contribution in [-0.2, 0) is 20.7 Å². The minimum absolute atomic E-state index is 0.0226. The molecular weight excluding hydrogens is 478 g/mol. The average molecular weight is 503 g/mol. The van der Waals surface area contributed by atoms with Crippen LogP contribution in [0.1, 0.15) is 41.2 Å². The van der Waals surface area contributed by atoms with Crippen LogP contribution >= 0.6 is 0 Å². The zero-order valence-corrected chi connectivity index (χ0v) is 19.6. The Kier molecular flexibility index (Phi) is 6.72. The number of anilines is 1. The molecule has 184 valence electrons. The van der Waals surface area contributed by atoms with Crippen molar-refractivity contribution in [3.05, 3.63) is 59.2 Å². The van der Waals surface area contributed by atoms with E-state index in [0.717, 1.165) is 11.6 Å². The number of fused-ring (bicyclic) bond motifs is 1. The van der Waals surface area contributed by atoms with Gasteiger partial charge in [0.05, 0.1) is 17.6 Å². The van der Waals surface area contributed by atoms with Gasteiger partial charge < -0.3 is 23.7 Å². The summed E-state index contributed by atoms with van der Waals surface area (Å²) in [5.74, 6) is 0.322. The van der Waals surface area contributed by atoms with E-state index >= 15 is 0 Å². The monoisotopic (exact) mass is 502 g/mol. The highest BCUT2D eigenvalue weighted by atomic mass is 32.2. The lowest BCUT2D eigenvalue weighted by atomic mass is 10.1. The first kappa shape index (κ1) is 23.7. The summed E-state index contributed by atoms with van der Waals surface area (Å²) in [7, 11) is 0. The third kappa shape index (κ3) is 4.89. The van der Waals surface area contributed by atoms with E-state index in [2.05, 4.69) is 9.98 Å². The quantitative estimate of drug-likeness (QED) is 0.554. The van der Waals surface area contributed by atoms with Gasteiger partial charge in [-0.05, 0) is 30.3 Å². The summed E-state index contributed by atoms with van der Waals surface area (Å²) in [6.07, 6.45) is -1.37. The maximum atomic E-state index is 13.1. The molecule has 2 amide bonds. The molecule has 11 heteroatoms. The van der Waals surface area contributed by atoms with Crippen LogP contribution in [0.2, 0.25) is 0 Å². The Bertz CT molecular complexity index is 1330. The normalized spacial score (nSPS) is 21.8.